The zero-order valence-corrected chi connectivity index (χ0v) is 27.2. The van der Waals surface area contributed by atoms with Gasteiger partial charge in [0.2, 0.25) is 0 Å². The highest BCUT2D eigenvalue weighted by Crippen LogP contribution is 2.26. The summed E-state index contributed by atoms with van der Waals surface area (Å²) >= 11 is 0. The van der Waals surface area contributed by atoms with E-state index in [0.717, 1.165) is 53.4 Å². The molecule has 0 aliphatic heterocycles. The molecule has 234 valence electrons. The summed E-state index contributed by atoms with van der Waals surface area (Å²) in [7, 11) is 0. The smallest absolute Gasteiger partial charge is 0.0683 e. The molecule has 0 atom stereocenters. The van der Waals surface area contributed by atoms with E-state index in [2.05, 4.69) is 140 Å². The zero-order valence-electron chi connectivity index (χ0n) is 27.2. The van der Waals surface area contributed by atoms with Gasteiger partial charge in [0.05, 0.1) is 35.0 Å². The molecule has 0 heterocycles. The van der Waals surface area contributed by atoms with Gasteiger partial charge in [0.15, 0.2) is 0 Å². The second-order valence-electron chi connectivity index (χ2n) is 10.9. The van der Waals surface area contributed by atoms with E-state index in [1.807, 2.05) is 65.7 Å². The largest absolute Gasteiger partial charge is 0.261 e. The SMILES string of the molecule is CCC(=NN(Cc1ccccc1)c1ccccc1)c1ccccc1.CCC(=NN(c1ccccc1)c1ccccc1)c1ccccc1. The molecule has 0 bridgehead atoms. The van der Waals surface area contributed by atoms with E-state index in [-0.39, 0.29) is 0 Å². The van der Waals surface area contributed by atoms with Gasteiger partial charge in [-0.2, -0.15) is 10.2 Å². The van der Waals surface area contributed by atoms with Crippen LogP contribution in [0.3, 0.4) is 0 Å². The fraction of sp³-hybridized carbons (Fsp3) is 0.116. The van der Waals surface area contributed by atoms with Gasteiger partial charge in [-0.05, 0) is 65.9 Å². The number of rotatable bonds is 11. The monoisotopic (exact) mass is 614 g/mol. The minimum absolute atomic E-state index is 0.751. The van der Waals surface area contributed by atoms with Crippen LogP contribution in [0.4, 0.5) is 17.1 Å². The van der Waals surface area contributed by atoms with Crippen LogP contribution in [-0.4, -0.2) is 11.4 Å². The molecule has 0 saturated heterocycles. The maximum atomic E-state index is 4.98. The third-order valence-electron chi connectivity index (χ3n) is 7.58. The van der Waals surface area contributed by atoms with Gasteiger partial charge >= 0.3 is 0 Å². The van der Waals surface area contributed by atoms with E-state index in [9.17, 15) is 0 Å². The van der Waals surface area contributed by atoms with Crippen LogP contribution < -0.4 is 10.0 Å². The third kappa shape index (κ3) is 9.62. The van der Waals surface area contributed by atoms with Gasteiger partial charge < -0.3 is 0 Å². The predicted octanol–water partition coefficient (Wildman–Crippen LogP) is 11.1. The Labute approximate surface area is 280 Å². The first kappa shape index (κ1) is 32.6. The lowest BCUT2D eigenvalue weighted by molar-refractivity contribution is 0.850. The Bertz CT molecular complexity index is 1750. The molecule has 0 spiro atoms. The molecule has 0 aromatic heterocycles. The maximum absolute atomic E-state index is 4.98. The van der Waals surface area contributed by atoms with Crippen LogP contribution in [0.25, 0.3) is 0 Å². The van der Waals surface area contributed by atoms with E-state index < -0.39 is 0 Å². The summed E-state index contributed by atoms with van der Waals surface area (Å²) in [6, 6.07) is 62.0. The van der Waals surface area contributed by atoms with Crippen molar-refractivity contribution in [2.45, 2.75) is 33.2 Å². The van der Waals surface area contributed by atoms with Crippen molar-refractivity contribution in [1.29, 1.82) is 0 Å². The number of para-hydroxylation sites is 3. The van der Waals surface area contributed by atoms with Gasteiger partial charge in [0.1, 0.15) is 0 Å². The highest BCUT2D eigenvalue weighted by atomic mass is 15.5. The lowest BCUT2D eigenvalue weighted by Crippen LogP contribution is -2.19. The van der Waals surface area contributed by atoms with Gasteiger partial charge in [-0.3, -0.25) is 5.01 Å². The Hall–Kier alpha value is -5.74. The van der Waals surface area contributed by atoms with Crippen molar-refractivity contribution in [2.24, 2.45) is 10.2 Å². The Kier molecular flexibility index (Phi) is 12.3. The van der Waals surface area contributed by atoms with Gasteiger partial charge in [-0.15, -0.1) is 0 Å². The van der Waals surface area contributed by atoms with Crippen molar-refractivity contribution < 1.29 is 0 Å². The van der Waals surface area contributed by atoms with Crippen LogP contribution in [0.15, 0.2) is 192 Å². The first-order valence-corrected chi connectivity index (χ1v) is 16.3. The van der Waals surface area contributed by atoms with Gasteiger partial charge in [0, 0.05) is 0 Å². The molecule has 0 aliphatic carbocycles. The van der Waals surface area contributed by atoms with Crippen molar-refractivity contribution in [3.05, 3.63) is 199 Å². The molecule has 4 heteroatoms. The van der Waals surface area contributed by atoms with Crippen LogP contribution in [0.2, 0.25) is 0 Å². The average Bonchev–Trinajstić information content (AvgIpc) is 3.16. The number of hydrogen-bond acceptors (Lipinski definition) is 4. The summed E-state index contributed by atoms with van der Waals surface area (Å²) < 4.78 is 0. The van der Waals surface area contributed by atoms with E-state index in [0.29, 0.717) is 0 Å². The highest BCUT2D eigenvalue weighted by molar-refractivity contribution is 6.01. The molecule has 6 aromatic carbocycles. The topological polar surface area (TPSA) is 31.2 Å². The summed E-state index contributed by atoms with van der Waals surface area (Å²) in [6.45, 7) is 5.04. The Balaban J connectivity index is 0.000000185. The predicted molar refractivity (Wildman–Crippen MR) is 201 cm³/mol. The standard InChI is InChI=1S/C22H22N2.C21H20N2/c1-2-22(20-14-8-4-9-15-20)23-24(21-16-10-5-11-17-21)18-19-12-6-3-7-13-19;1-2-21(18-12-6-3-7-13-18)22-23(19-14-8-4-9-15-19)20-16-10-5-11-17-20/h3-17H,2,18H2,1H3;3-17H,2H2,1H3. The summed E-state index contributed by atoms with van der Waals surface area (Å²) in [5, 5.41) is 14.0. The van der Waals surface area contributed by atoms with E-state index >= 15 is 0 Å². The van der Waals surface area contributed by atoms with Crippen LogP contribution in [0.1, 0.15) is 43.4 Å². The van der Waals surface area contributed by atoms with Crippen molar-refractivity contribution in [2.75, 3.05) is 10.0 Å². The van der Waals surface area contributed by atoms with Gasteiger partial charge in [-0.25, -0.2) is 5.01 Å². The maximum Gasteiger partial charge on any atom is 0.0683 e. The zero-order chi connectivity index (χ0) is 32.5. The summed E-state index contributed by atoms with van der Waals surface area (Å²) in [6.07, 6.45) is 1.77. The van der Waals surface area contributed by atoms with E-state index in [4.69, 9.17) is 10.2 Å². The molecule has 47 heavy (non-hydrogen) atoms. The Morgan fingerprint density at radius 1 is 0.404 bits per heavy atom. The van der Waals surface area contributed by atoms with Crippen LogP contribution >= 0.6 is 0 Å². The molecule has 6 aromatic rings. The average molecular weight is 615 g/mol. The molecular weight excluding hydrogens is 573 g/mol. The fourth-order valence-electron chi connectivity index (χ4n) is 5.14. The molecule has 0 unspecified atom stereocenters. The molecule has 6 rings (SSSR count). The van der Waals surface area contributed by atoms with Crippen LogP contribution in [0, 0.1) is 0 Å². The number of hydrogen-bond donors (Lipinski definition) is 0. The number of anilines is 3. The number of benzene rings is 6. The molecule has 0 aliphatic rings. The van der Waals surface area contributed by atoms with Crippen molar-refractivity contribution in [1.82, 2.24) is 0 Å². The lowest BCUT2D eigenvalue weighted by Gasteiger charge is -2.21. The quantitative estimate of drug-likeness (QED) is 0.107. The molecule has 0 N–H and O–H groups in total. The van der Waals surface area contributed by atoms with Gasteiger partial charge in [0.25, 0.3) is 0 Å². The first-order chi connectivity index (χ1) is 23.2. The number of nitrogens with zero attached hydrogens (tertiary/aromatic N) is 4. The second kappa shape index (κ2) is 17.7. The second-order valence-corrected chi connectivity index (χ2v) is 10.9. The molecule has 0 amide bonds. The summed E-state index contributed by atoms with van der Waals surface area (Å²) in [5.74, 6) is 0. The van der Waals surface area contributed by atoms with Crippen LogP contribution in [-0.2, 0) is 6.54 Å². The fourth-order valence-corrected chi connectivity index (χ4v) is 5.14. The highest BCUT2D eigenvalue weighted by Gasteiger charge is 2.11. The van der Waals surface area contributed by atoms with Crippen molar-refractivity contribution >= 4 is 28.5 Å². The normalized spacial score (nSPS) is 11.3. The van der Waals surface area contributed by atoms with Gasteiger partial charge in [-0.1, -0.05) is 159 Å². The molecule has 0 fully saturated rings. The summed E-state index contributed by atoms with van der Waals surface area (Å²) in [5.41, 5.74) is 8.95. The molecule has 4 nitrogen and oxygen atoms in total. The third-order valence-corrected chi connectivity index (χ3v) is 7.58. The molecule has 0 radical (unpaired) electrons. The summed E-state index contributed by atoms with van der Waals surface area (Å²) in [4.78, 5) is 0. The molecular formula is C43H42N4. The number of hydrazone groups is 2. The van der Waals surface area contributed by atoms with Crippen molar-refractivity contribution in [3.63, 3.8) is 0 Å². The Morgan fingerprint density at radius 2 is 0.745 bits per heavy atom. The first-order valence-electron chi connectivity index (χ1n) is 16.3. The van der Waals surface area contributed by atoms with E-state index in [1.165, 1.54) is 11.1 Å². The molecule has 0 saturated carbocycles. The minimum Gasteiger partial charge on any atom is -0.261 e. The van der Waals surface area contributed by atoms with Crippen molar-refractivity contribution in [3.8, 4) is 0 Å². The Morgan fingerprint density at radius 3 is 1.15 bits per heavy atom. The lowest BCUT2D eigenvalue weighted by atomic mass is 10.1. The van der Waals surface area contributed by atoms with E-state index in [1.54, 1.807) is 0 Å². The van der Waals surface area contributed by atoms with Crippen LogP contribution in [0.5, 0.6) is 0 Å². The minimum atomic E-state index is 0.751.